The van der Waals surface area contributed by atoms with Gasteiger partial charge in [-0.2, -0.15) is 11.8 Å². The predicted molar refractivity (Wildman–Crippen MR) is 139 cm³/mol. The first-order chi connectivity index (χ1) is 17.3. The minimum Gasteiger partial charge on any atom is -0.480 e. The van der Waals surface area contributed by atoms with Gasteiger partial charge in [-0.25, -0.2) is 9.86 Å². The van der Waals surface area contributed by atoms with Crippen molar-refractivity contribution in [2.75, 3.05) is 25.2 Å². The molecule has 9 nitrogen and oxygen atoms in total. The van der Waals surface area contributed by atoms with Crippen LogP contribution in [0.25, 0.3) is 0 Å². The molecule has 2 amide bonds. The van der Waals surface area contributed by atoms with E-state index in [4.69, 9.17) is 4.84 Å². The van der Waals surface area contributed by atoms with Gasteiger partial charge in [-0.15, -0.1) is 0 Å². The molecule has 1 aromatic rings. The highest BCUT2D eigenvalue weighted by Crippen LogP contribution is 2.16. The third-order valence-corrected chi connectivity index (χ3v) is 7.17. The standard InChI is InChI=1S/C26H39N3O6S/c1-4-18(2)21(27-16-23(30)20-11-12-24(31)28-20)17-35-29(22(26(33)34)14-15-36-3)25(32)13-10-19-8-6-5-7-9-19/h5-9,18,20-22,27H,4,10-17H2,1-3H3,(H,28,31)(H,33,34)/t18-,20-,21+,22-/m0/s1. The quantitative estimate of drug-likeness (QED) is 0.267. The summed E-state index contributed by atoms with van der Waals surface area (Å²) < 4.78 is 0. The summed E-state index contributed by atoms with van der Waals surface area (Å²) in [5.41, 5.74) is 0.985. The normalized spacial score (nSPS) is 17.8. The highest BCUT2D eigenvalue weighted by Gasteiger charge is 2.32. The number of carboxylic acid groups (broad SMARTS) is 1. The summed E-state index contributed by atoms with van der Waals surface area (Å²) in [7, 11) is 0. The second-order valence-electron chi connectivity index (χ2n) is 9.13. The Hall–Kier alpha value is -2.43. The second-order valence-corrected chi connectivity index (χ2v) is 10.1. The lowest BCUT2D eigenvalue weighted by atomic mass is 9.99. The molecule has 1 aromatic carbocycles. The van der Waals surface area contributed by atoms with Crippen LogP contribution in [-0.4, -0.2) is 77.0 Å². The highest BCUT2D eigenvalue weighted by molar-refractivity contribution is 7.98. The average molecular weight is 522 g/mol. The van der Waals surface area contributed by atoms with E-state index < -0.39 is 18.1 Å². The Morgan fingerprint density at radius 1 is 1.28 bits per heavy atom. The molecule has 0 radical (unpaired) electrons. The van der Waals surface area contributed by atoms with E-state index in [9.17, 15) is 24.3 Å². The topological polar surface area (TPSA) is 125 Å². The Balaban J connectivity index is 2.08. The summed E-state index contributed by atoms with van der Waals surface area (Å²) in [6.07, 6.45) is 4.37. The number of Topliss-reactive ketones (excluding diaryl/α,β-unsaturated/α-hetero) is 1. The molecular weight excluding hydrogens is 482 g/mol. The minimum absolute atomic E-state index is 0.0411. The van der Waals surface area contributed by atoms with Crippen LogP contribution in [0.4, 0.5) is 0 Å². The molecule has 1 heterocycles. The second kappa shape index (κ2) is 15.6. The Labute approximate surface area is 217 Å². The number of hydroxylamine groups is 2. The fourth-order valence-electron chi connectivity index (χ4n) is 3.99. The van der Waals surface area contributed by atoms with E-state index >= 15 is 0 Å². The molecule has 0 aromatic heterocycles. The molecule has 1 fully saturated rings. The number of carbonyl (C=O) groups is 4. The molecule has 0 bridgehead atoms. The lowest BCUT2D eigenvalue weighted by Gasteiger charge is -2.31. The van der Waals surface area contributed by atoms with E-state index in [1.165, 1.54) is 11.8 Å². The third kappa shape index (κ3) is 9.55. The molecule has 200 valence electrons. The largest absolute Gasteiger partial charge is 0.480 e. The summed E-state index contributed by atoms with van der Waals surface area (Å²) in [5, 5.41) is 16.8. The molecule has 1 aliphatic heterocycles. The molecule has 4 atom stereocenters. The maximum Gasteiger partial charge on any atom is 0.329 e. The Kier molecular flexibility index (Phi) is 12.9. The zero-order chi connectivity index (χ0) is 26.5. The summed E-state index contributed by atoms with van der Waals surface area (Å²) in [4.78, 5) is 55.1. The summed E-state index contributed by atoms with van der Waals surface area (Å²) in [5.74, 6) is -1.06. The predicted octanol–water partition coefficient (Wildman–Crippen LogP) is 2.44. The number of amides is 2. The number of nitrogens with zero attached hydrogens (tertiary/aromatic N) is 1. The van der Waals surface area contributed by atoms with Gasteiger partial charge < -0.3 is 15.7 Å². The number of nitrogens with one attached hydrogen (secondary N) is 2. The summed E-state index contributed by atoms with van der Waals surface area (Å²) in [6.45, 7) is 4.12. The van der Waals surface area contributed by atoms with Crippen molar-refractivity contribution >= 4 is 35.3 Å². The van der Waals surface area contributed by atoms with Crippen LogP contribution in [0.5, 0.6) is 0 Å². The number of aliphatic carboxylic acids is 1. The number of thioether (sulfide) groups is 1. The van der Waals surface area contributed by atoms with Gasteiger partial charge in [0.05, 0.1) is 19.2 Å². The fraction of sp³-hybridized carbons (Fsp3) is 0.615. The maximum absolute atomic E-state index is 13.2. The van der Waals surface area contributed by atoms with Gasteiger partial charge >= 0.3 is 5.97 Å². The van der Waals surface area contributed by atoms with Crippen LogP contribution in [0.1, 0.15) is 51.5 Å². The molecule has 1 aliphatic rings. The maximum atomic E-state index is 13.2. The van der Waals surface area contributed by atoms with E-state index in [1.54, 1.807) is 0 Å². The number of aryl methyl sites for hydroxylation is 1. The van der Waals surface area contributed by atoms with Gasteiger partial charge in [-0.3, -0.25) is 19.2 Å². The van der Waals surface area contributed by atoms with Crippen molar-refractivity contribution in [2.45, 2.75) is 70.5 Å². The lowest BCUT2D eigenvalue weighted by Crippen LogP contribution is -2.50. The minimum atomic E-state index is -1.11. The number of hydrogen-bond acceptors (Lipinski definition) is 7. The number of hydrogen-bond donors (Lipinski definition) is 3. The van der Waals surface area contributed by atoms with Crippen molar-refractivity contribution in [3.8, 4) is 0 Å². The summed E-state index contributed by atoms with van der Waals surface area (Å²) >= 11 is 1.51. The van der Waals surface area contributed by atoms with E-state index in [0.717, 1.165) is 17.0 Å². The van der Waals surface area contributed by atoms with Gasteiger partial charge in [-0.1, -0.05) is 50.6 Å². The molecule has 0 spiro atoms. The van der Waals surface area contributed by atoms with Gasteiger partial charge in [0.25, 0.3) is 0 Å². The van der Waals surface area contributed by atoms with Crippen LogP contribution < -0.4 is 10.6 Å². The smallest absolute Gasteiger partial charge is 0.329 e. The van der Waals surface area contributed by atoms with Crippen molar-refractivity contribution < 1.29 is 29.1 Å². The van der Waals surface area contributed by atoms with Gasteiger partial charge in [0.1, 0.15) is 0 Å². The van der Waals surface area contributed by atoms with Crippen LogP contribution in [0.3, 0.4) is 0 Å². The van der Waals surface area contributed by atoms with Crippen LogP contribution in [0.2, 0.25) is 0 Å². The van der Waals surface area contributed by atoms with E-state index in [1.807, 2.05) is 50.4 Å². The molecule has 0 saturated carbocycles. The van der Waals surface area contributed by atoms with Gasteiger partial charge in [0, 0.05) is 18.9 Å². The molecule has 10 heteroatoms. The van der Waals surface area contributed by atoms with Gasteiger partial charge in [-0.05, 0) is 42.8 Å². The fourth-order valence-corrected chi connectivity index (χ4v) is 4.45. The Morgan fingerprint density at radius 3 is 2.58 bits per heavy atom. The molecule has 1 saturated heterocycles. The van der Waals surface area contributed by atoms with Crippen LogP contribution >= 0.6 is 11.8 Å². The highest BCUT2D eigenvalue weighted by atomic mass is 32.2. The number of benzene rings is 1. The van der Waals surface area contributed by atoms with Crippen molar-refractivity contribution in [1.82, 2.24) is 15.7 Å². The number of ketones is 1. The molecule has 2 rings (SSSR count). The van der Waals surface area contributed by atoms with Crippen LogP contribution in [0.15, 0.2) is 30.3 Å². The SMILES string of the molecule is CC[C@H](C)[C@@H](CON(C(=O)CCc1ccccc1)[C@@H](CCSC)C(=O)O)NCC(=O)[C@@H]1CCC(=O)N1. The van der Waals surface area contributed by atoms with Crippen molar-refractivity contribution in [1.29, 1.82) is 0 Å². The first-order valence-electron chi connectivity index (χ1n) is 12.5. The first-order valence-corrected chi connectivity index (χ1v) is 13.9. The van der Waals surface area contributed by atoms with E-state index in [2.05, 4.69) is 10.6 Å². The molecule has 3 N–H and O–H groups in total. The number of carboxylic acids is 1. The Morgan fingerprint density at radius 2 is 2.00 bits per heavy atom. The zero-order valence-corrected chi connectivity index (χ0v) is 22.2. The first kappa shape index (κ1) is 29.8. The van der Waals surface area contributed by atoms with Crippen molar-refractivity contribution in [2.24, 2.45) is 5.92 Å². The molecule has 0 aliphatic carbocycles. The molecular formula is C26H39N3O6S. The number of rotatable bonds is 17. The van der Waals surface area contributed by atoms with Crippen LogP contribution in [0, 0.1) is 5.92 Å². The monoisotopic (exact) mass is 521 g/mol. The Bertz CT molecular complexity index is 868. The van der Waals surface area contributed by atoms with E-state index in [-0.39, 0.29) is 55.6 Å². The third-order valence-electron chi connectivity index (χ3n) is 6.53. The van der Waals surface area contributed by atoms with Crippen LogP contribution in [-0.2, 0) is 30.4 Å². The van der Waals surface area contributed by atoms with Gasteiger partial charge in [0.2, 0.25) is 11.8 Å². The molecule has 36 heavy (non-hydrogen) atoms. The van der Waals surface area contributed by atoms with E-state index in [0.29, 0.717) is 25.0 Å². The lowest BCUT2D eigenvalue weighted by molar-refractivity contribution is -0.210. The van der Waals surface area contributed by atoms with Crippen molar-refractivity contribution in [3.05, 3.63) is 35.9 Å². The molecule has 0 unspecified atom stereocenters. The average Bonchev–Trinajstić information content (AvgIpc) is 3.32. The number of carbonyl (C=O) groups excluding carboxylic acids is 3. The van der Waals surface area contributed by atoms with Gasteiger partial charge in [0.15, 0.2) is 11.8 Å². The summed E-state index contributed by atoms with van der Waals surface area (Å²) in [6, 6.07) is 7.67. The van der Waals surface area contributed by atoms with Crippen molar-refractivity contribution in [3.63, 3.8) is 0 Å². The zero-order valence-electron chi connectivity index (χ0n) is 21.4.